The van der Waals surface area contributed by atoms with Gasteiger partial charge in [-0.3, -0.25) is 4.79 Å². The van der Waals surface area contributed by atoms with Crippen LogP contribution in [0.4, 0.5) is 5.69 Å². The van der Waals surface area contributed by atoms with E-state index in [4.69, 9.17) is 4.42 Å². The van der Waals surface area contributed by atoms with Gasteiger partial charge in [-0.25, -0.2) is 0 Å². The highest BCUT2D eigenvalue weighted by Gasteiger charge is 2.18. The van der Waals surface area contributed by atoms with Crippen molar-refractivity contribution in [1.82, 2.24) is 0 Å². The summed E-state index contributed by atoms with van der Waals surface area (Å²) in [4.78, 5) is 12.0. The van der Waals surface area contributed by atoms with Crippen LogP contribution in [-0.2, 0) is 16.6 Å². The van der Waals surface area contributed by atoms with Crippen molar-refractivity contribution < 1.29 is 9.21 Å². The molecule has 0 aliphatic rings. The minimum atomic E-state index is 0.00485. The van der Waals surface area contributed by atoms with Gasteiger partial charge in [0.1, 0.15) is 5.76 Å². The second kappa shape index (κ2) is 5.95. The molecule has 0 radical (unpaired) electrons. The fraction of sp³-hybridized carbons (Fsp3) is 0.353. The second-order valence-electron chi connectivity index (χ2n) is 5.92. The summed E-state index contributed by atoms with van der Waals surface area (Å²) < 4.78 is 5.23. The lowest BCUT2D eigenvalue weighted by atomic mass is 9.86. The van der Waals surface area contributed by atoms with Crippen LogP contribution in [0.1, 0.15) is 38.5 Å². The highest BCUT2D eigenvalue weighted by Crippen LogP contribution is 2.29. The van der Waals surface area contributed by atoms with Gasteiger partial charge in [0.2, 0.25) is 5.91 Å². The summed E-state index contributed by atoms with van der Waals surface area (Å²) in [6.07, 6.45) is 2.67. The fourth-order valence-electron chi connectivity index (χ4n) is 2.15. The Bertz CT molecular complexity index is 565. The SMILES string of the molecule is CC(C)(C)c1ccccc1NC(=O)CCc1ccco1. The minimum absolute atomic E-state index is 0.00485. The zero-order valence-electron chi connectivity index (χ0n) is 12.3. The number of carbonyl (C=O) groups excluding carboxylic acids is 1. The van der Waals surface area contributed by atoms with Crippen LogP contribution in [0.25, 0.3) is 0 Å². The van der Waals surface area contributed by atoms with Gasteiger partial charge in [0.05, 0.1) is 6.26 Å². The van der Waals surface area contributed by atoms with Crippen molar-refractivity contribution in [3.05, 3.63) is 54.0 Å². The molecule has 1 N–H and O–H groups in total. The number of hydrogen-bond acceptors (Lipinski definition) is 2. The van der Waals surface area contributed by atoms with Crippen molar-refractivity contribution in [2.75, 3.05) is 5.32 Å². The van der Waals surface area contributed by atoms with E-state index in [1.807, 2.05) is 30.3 Å². The van der Waals surface area contributed by atoms with E-state index < -0.39 is 0 Å². The number of anilines is 1. The van der Waals surface area contributed by atoms with Crippen LogP contribution in [-0.4, -0.2) is 5.91 Å². The van der Waals surface area contributed by atoms with Gasteiger partial charge in [0.15, 0.2) is 0 Å². The predicted molar refractivity (Wildman–Crippen MR) is 80.8 cm³/mol. The van der Waals surface area contributed by atoms with Crippen LogP contribution < -0.4 is 5.32 Å². The number of rotatable bonds is 4. The first-order valence-electron chi connectivity index (χ1n) is 6.88. The molecular formula is C17H21NO2. The standard InChI is InChI=1S/C17H21NO2/c1-17(2,3)14-8-4-5-9-15(14)18-16(19)11-10-13-7-6-12-20-13/h4-9,12H,10-11H2,1-3H3,(H,18,19). The second-order valence-corrected chi connectivity index (χ2v) is 5.92. The van der Waals surface area contributed by atoms with Crippen LogP contribution in [0.15, 0.2) is 47.1 Å². The molecule has 0 aliphatic heterocycles. The quantitative estimate of drug-likeness (QED) is 0.907. The normalized spacial score (nSPS) is 11.3. The average Bonchev–Trinajstić information content (AvgIpc) is 2.89. The monoisotopic (exact) mass is 271 g/mol. The Morgan fingerprint density at radius 1 is 1.15 bits per heavy atom. The number of aryl methyl sites for hydroxylation is 1. The lowest BCUT2D eigenvalue weighted by molar-refractivity contribution is -0.116. The van der Waals surface area contributed by atoms with Crippen LogP contribution in [0.2, 0.25) is 0 Å². The molecule has 0 atom stereocenters. The molecule has 0 fully saturated rings. The van der Waals surface area contributed by atoms with Crippen molar-refractivity contribution in [3.8, 4) is 0 Å². The van der Waals surface area contributed by atoms with Gasteiger partial charge in [-0.1, -0.05) is 39.0 Å². The molecule has 0 bridgehead atoms. The molecule has 3 heteroatoms. The van der Waals surface area contributed by atoms with Crippen LogP contribution in [0.3, 0.4) is 0 Å². The van der Waals surface area contributed by atoms with E-state index in [-0.39, 0.29) is 11.3 Å². The first-order valence-corrected chi connectivity index (χ1v) is 6.88. The smallest absolute Gasteiger partial charge is 0.224 e. The number of hydrogen-bond donors (Lipinski definition) is 1. The first kappa shape index (κ1) is 14.4. The van der Waals surface area contributed by atoms with Gasteiger partial charge in [-0.2, -0.15) is 0 Å². The molecular weight excluding hydrogens is 250 g/mol. The minimum Gasteiger partial charge on any atom is -0.469 e. The number of amides is 1. The van der Waals surface area contributed by atoms with Gasteiger partial charge >= 0.3 is 0 Å². The molecule has 106 valence electrons. The fourth-order valence-corrected chi connectivity index (χ4v) is 2.15. The molecule has 0 spiro atoms. The summed E-state index contributed by atoms with van der Waals surface area (Å²) in [5.74, 6) is 0.849. The Labute approximate surface area is 120 Å². The Kier molecular flexibility index (Phi) is 4.28. The van der Waals surface area contributed by atoms with Gasteiger partial charge < -0.3 is 9.73 Å². The lowest BCUT2D eigenvalue weighted by Crippen LogP contribution is -2.18. The Morgan fingerprint density at radius 2 is 1.90 bits per heavy atom. The molecule has 2 rings (SSSR count). The van der Waals surface area contributed by atoms with Crippen molar-refractivity contribution in [2.45, 2.75) is 39.0 Å². The van der Waals surface area contributed by atoms with Crippen molar-refractivity contribution in [2.24, 2.45) is 0 Å². The third-order valence-corrected chi connectivity index (χ3v) is 3.19. The molecule has 1 aromatic carbocycles. The topological polar surface area (TPSA) is 42.2 Å². The van der Waals surface area contributed by atoms with Gasteiger partial charge in [0.25, 0.3) is 0 Å². The summed E-state index contributed by atoms with van der Waals surface area (Å²) in [5, 5.41) is 3.00. The van der Waals surface area contributed by atoms with Gasteiger partial charge in [-0.15, -0.1) is 0 Å². The van der Waals surface area contributed by atoms with E-state index >= 15 is 0 Å². The molecule has 2 aromatic rings. The molecule has 1 amide bonds. The summed E-state index contributed by atoms with van der Waals surface area (Å²) in [6, 6.07) is 11.7. The van der Waals surface area contributed by atoms with E-state index in [1.54, 1.807) is 6.26 Å². The highest BCUT2D eigenvalue weighted by molar-refractivity contribution is 5.91. The van der Waals surface area contributed by atoms with E-state index in [0.717, 1.165) is 17.0 Å². The summed E-state index contributed by atoms with van der Waals surface area (Å²) >= 11 is 0. The first-order chi connectivity index (χ1) is 9.47. The third kappa shape index (κ3) is 3.73. The molecule has 0 aliphatic carbocycles. The Hall–Kier alpha value is -2.03. The maximum Gasteiger partial charge on any atom is 0.224 e. The van der Waals surface area contributed by atoms with Crippen molar-refractivity contribution >= 4 is 11.6 Å². The number of furan rings is 1. The Balaban J connectivity index is 2.01. The predicted octanol–water partition coefficient (Wildman–Crippen LogP) is 4.15. The van der Waals surface area contributed by atoms with Crippen LogP contribution in [0, 0.1) is 0 Å². The maximum atomic E-state index is 12.0. The number of benzene rings is 1. The van der Waals surface area contributed by atoms with E-state index in [0.29, 0.717) is 12.8 Å². The summed E-state index contributed by atoms with van der Waals surface area (Å²) in [6.45, 7) is 6.42. The molecule has 0 unspecified atom stereocenters. The Morgan fingerprint density at radius 3 is 2.55 bits per heavy atom. The van der Waals surface area contributed by atoms with E-state index in [1.165, 1.54) is 0 Å². The number of para-hydroxylation sites is 1. The summed E-state index contributed by atoms with van der Waals surface area (Å²) in [7, 11) is 0. The average molecular weight is 271 g/mol. The summed E-state index contributed by atoms with van der Waals surface area (Å²) in [5.41, 5.74) is 2.04. The largest absolute Gasteiger partial charge is 0.469 e. The zero-order valence-corrected chi connectivity index (χ0v) is 12.3. The van der Waals surface area contributed by atoms with Gasteiger partial charge in [0, 0.05) is 18.5 Å². The van der Waals surface area contributed by atoms with E-state index in [2.05, 4.69) is 32.2 Å². The maximum absolute atomic E-state index is 12.0. The van der Waals surface area contributed by atoms with Gasteiger partial charge in [-0.05, 0) is 29.2 Å². The third-order valence-electron chi connectivity index (χ3n) is 3.19. The van der Waals surface area contributed by atoms with Crippen LogP contribution in [0.5, 0.6) is 0 Å². The molecule has 0 saturated carbocycles. The molecule has 0 saturated heterocycles. The molecule has 1 aromatic heterocycles. The molecule has 3 nitrogen and oxygen atoms in total. The van der Waals surface area contributed by atoms with E-state index in [9.17, 15) is 4.79 Å². The highest BCUT2D eigenvalue weighted by atomic mass is 16.3. The zero-order chi connectivity index (χ0) is 14.6. The lowest BCUT2D eigenvalue weighted by Gasteiger charge is -2.23. The number of nitrogens with one attached hydrogen (secondary N) is 1. The van der Waals surface area contributed by atoms with Crippen LogP contribution >= 0.6 is 0 Å². The molecule has 1 heterocycles. The van der Waals surface area contributed by atoms with Crippen molar-refractivity contribution in [3.63, 3.8) is 0 Å². The number of carbonyl (C=O) groups is 1. The molecule has 20 heavy (non-hydrogen) atoms. The van der Waals surface area contributed by atoms with Crippen molar-refractivity contribution in [1.29, 1.82) is 0 Å².